The van der Waals surface area contributed by atoms with Crippen LogP contribution in [-0.4, -0.2) is 40.9 Å². The van der Waals surface area contributed by atoms with Crippen LogP contribution in [0.5, 0.6) is 0 Å². The molecule has 1 aliphatic rings. The molecule has 0 aliphatic carbocycles. The van der Waals surface area contributed by atoms with Crippen LogP contribution in [0.25, 0.3) is 5.69 Å². The average Bonchev–Trinajstić information content (AvgIpc) is 2.87. The van der Waals surface area contributed by atoms with E-state index in [4.69, 9.17) is 0 Å². The van der Waals surface area contributed by atoms with Crippen LogP contribution < -0.4 is 10.2 Å². The Balaban J connectivity index is 1.88. The van der Waals surface area contributed by atoms with E-state index in [1.54, 1.807) is 6.33 Å². The maximum Gasteiger partial charge on any atom is 0.147 e. The van der Waals surface area contributed by atoms with Crippen LogP contribution in [-0.2, 0) is 0 Å². The van der Waals surface area contributed by atoms with Gasteiger partial charge in [0.05, 0.1) is 5.69 Å². The van der Waals surface area contributed by atoms with Gasteiger partial charge >= 0.3 is 0 Å². The van der Waals surface area contributed by atoms with Crippen LogP contribution in [0, 0.1) is 6.92 Å². The topological polar surface area (TPSA) is 46.0 Å². The van der Waals surface area contributed by atoms with E-state index in [0.717, 1.165) is 37.7 Å². The number of hydrogen-bond donors (Lipinski definition) is 1. The van der Waals surface area contributed by atoms with Gasteiger partial charge in [-0.1, -0.05) is 6.07 Å². The van der Waals surface area contributed by atoms with Gasteiger partial charge in [-0.2, -0.15) is 5.10 Å². The molecular formula is C13H17N5. The number of anilines is 1. The van der Waals surface area contributed by atoms with Crippen molar-refractivity contribution in [3.05, 3.63) is 36.4 Å². The molecule has 3 rings (SSSR count). The fourth-order valence-corrected chi connectivity index (χ4v) is 2.23. The second-order valence-electron chi connectivity index (χ2n) is 4.49. The van der Waals surface area contributed by atoms with Crippen LogP contribution >= 0.6 is 0 Å². The summed E-state index contributed by atoms with van der Waals surface area (Å²) < 4.78 is 1.82. The van der Waals surface area contributed by atoms with Gasteiger partial charge in [-0.25, -0.2) is 9.67 Å². The van der Waals surface area contributed by atoms with Gasteiger partial charge < -0.3 is 10.2 Å². The lowest BCUT2D eigenvalue weighted by Crippen LogP contribution is -2.43. The summed E-state index contributed by atoms with van der Waals surface area (Å²) in [5.74, 6) is 0.794. The fraction of sp³-hybridized carbons (Fsp3) is 0.385. The molecule has 5 heteroatoms. The molecule has 1 aliphatic heterocycles. The van der Waals surface area contributed by atoms with Crippen molar-refractivity contribution in [2.75, 3.05) is 31.1 Å². The maximum absolute atomic E-state index is 4.34. The molecule has 1 aromatic carbocycles. The van der Waals surface area contributed by atoms with Crippen LogP contribution in [0.4, 0.5) is 5.69 Å². The summed E-state index contributed by atoms with van der Waals surface area (Å²) >= 11 is 0. The summed E-state index contributed by atoms with van der Waals surface area (Å²) in [4.78, 5) is 6.56. The van der Waals surface area contributed by atoms with Gasteiger partial charge in [0.15, 0.2) is 0 Å². The number of nitrogens with one attached hydrogen (secondary N) is 1. The largest absolute Gasteiger partial charge is 0.369 e. The second kappa shape index (κ2) is 4.78. The summed E-state index contributed by atoms with van der Waals surface area (Å²) in [6.45, 7) is 6.11. The molecular weight excluding hydrogens is 226 g/mol. The Kier molecular flexibility index (Phi) is 2.98. The summed E-state index contributed by atoms with van der Waals surface area (Å²) in [6.07, 6.45) is 1.76. The van der Waals surface area contributed by atoms with Crippen LogP contribution in [0.3, 0.4) is 0 Å². The van der Waals surface area contributed by atoms with Crippen LogP contribution in [0.15, 0.2) is 30.6 Å². The number of aryl methyl sites for hydroxylation is 1. The molecule has 0 saturated carbocycles. The van der Waals surface area contributed by atoms with E-state index in [-0.39, 0.29) is 0 Å². The van der Waals surface area contributed by atoms with Crippen molar-refractivity contribution in [3.8, 4) is 5.69 Å². The summed E-state index contributed by atoms with van der Waals surface area (Å²) in [7, 11) is 0. The van der Waals surface area contributed by atoms with Crippen molar-refractivity contribution in [2.45, 2.75) is 6.92 Å². The minimum Gasteiger partial charge on any atom is -0.369 e. The van der Waals surface area contributed by atoms with Crippen LogP contribution in [0.2, 0.25) is 0 Å². The first-order chi connectivity index (χ1) is 8.83. The molecule has 18 heavy (non-hydrogen) atoms. The number of rotatable bonds is 2. The highest BCUT2D eigenvalue weighted by Gasteiger charge is 2.11. The van der Waals surface area contributed by atoms with Crippen molar-refractivity contribution in [1.29, 1.82) is 0 Å². The van der Waals surface area contributed by atoms with E-state index in [1.807, 2.05) is 11.6 Å². The Morgan fingerprint density at radius 1 is 1.17 bits per heavy atom. The van der Waals surface area contributed by atoms with E-state index in [0.29, 0.717) is 0 Å². The number of nitrogens with zero attached hydrogens (tertiary/aromatic N) is 4. The lowest BCUT2D eigenvalue weighted by molar-refractivity contribution is 0.589. The highest BCUT2D eigenvalue weighted by Crippen LogP contribution is 2.18. The van der Waals surface area contributed by atoms with Gasteiger partial charge in [-0.15, -0.1) is 0 Å². The first-order valence-electron chi connectivity index (χ1n) is 6.27. The zero-order valence-electron chi connectivity index (χ0n) is 10.5. The highest BCUT2D eigenvalue weighted by atomic mass is 15.3. The summed E-state index contributed by atoms with van der Waals surface area (Å²) in [6, 6.07) is 8.45. The Morgan fingerprint density at radius 2 is 1.94 bits per heavy atom. The maximum atomic E-state index is 4.34. The van der Waals surface area contributed by atoms with Crippen LogP contribution in [0.1, 0.15) is 5.82 Å². The number of aromatic nitrogens is 3. The van der Waals surface area contributed by atoms with Crippen molar-refractivity contribution in [1.82, 2.24) is 20.1 Å². The molecule has 1 fully saturated rings. The fourth-order valence-electron chi connectivity index (χ4n) is 2.23. The SMILES string of the molecule is Cc1ncn(-c2cccc(N3CCNCC3)c2)n1. The zero-order chi connectivity index (χ0) is 12.4. The third kappa shape index (κ3) is 2.22. The van der Waals surface area contributed by atoms with Crippen molar-refractivity contribution >= 4 is 5.69 Å². The van der Waals surface area contributed by atoms with E-state index in [1.165, 1.54) is 5.69 Å². The minimum absolute atomic E-state index is 0.794. The first-order valence-corrected chi connectivity index (χ1v) is 6.27. The van der Waals surface area contributed by atoms with E-state index >= 15 is 0 Å². The Labute approximate surface area is 106 Å². The third-order valence-corrected chi connectivity index (χ3v) is 3.18. The van der Waals surface area contributed by atoms with E-state index < -0.39 is 0 Å². The Hall–Kier alpha value is -1.88. The standard InChI is InChI=1S/C13H17N5/c1-11-15-10-18(16-11)13-4-2-3-12(9-13)17-7-5-14-6-8-17/h2-4,9-10,14H,5-8H2,1H3. The van der Waals surface area contributed by atoms with E-state index in [9.17, 15) is 0 Å². The van der Waals surface area contributed by atoms with Gasteiger partial charge in [0.25, 0.3) is 0 Å². The number of hydrogen-bond acceptors (Lipinski definition) is 4. The predicted octanol–water partition coefficient (Wildman–Crippen LogP) is 0.985. The smallest absolute Gasteiger partial charge is 0.147 e. The van der Waals surface area contributed by atoms with E-state index in [2.05, 4.69) is 44.6 Å². The van der Waals surface area contributed by atoms with Gasteiger partial charge in [-0.3, -0.25) is 0 Å². The molecule has 1 N–H and O–H groups in total. The zero-order valence-corrected chi connectivity index (χ0v) is 10.5. The summed E-state index contributed by atoms with van der Waals surface area (Å²) in [5.41, 5.74) is 2.31. The molecule has 5 nitrogen and oxygen atoms in total. The molecule has 2 aromatic rings. The second-order valence-corrected chi connectivity index (χ2v) is 4.49. The molecule has 2 heterocycles. The molecule has 1 saturated heterocycles. The Morgan fingerprint density at radius 3 is 2.67 bits per heavy atom. The molecule has 0 radical (unpaired) electrons. The number of benzene rings is 1. The van der Waals surface area contributed by atoms with Gasteiger partial charge in [0.2, 0.25) is 0 Å². The first kappa shape index (κ1) is 11.2. The quantitative estimate of drug-likeness (QED) is 0.854. The molecule has 0 amide bonds. The molecule has 94 valence electrons. The van der Waals surface area contributed by atoms with Crippen molar-refractivity contribution < 1.29 is 0 Å². The third-order valence-electron chi connectivity index (χ3n) is 3.18. The van der Waals surface area contributed by atoms with Gasteiger partial charge in [0.1, 0.15) is 12.2 Å². The van der Waals surface area contributed by atoms with Gasteiger partial charge in [0, 0.05) is 31.9 Å². The highest BCUT2D eigenvalue weighted by molar-refractivity contribution is 5.53. The molecule has 0 atom stereocenters. The average molecular weight is 243 g/mol. The predicted molar refractivity (Wildman–Crippen MR) is 71.2 cm³/mol. The molecule has 0 spiro atoms. The molecule has 0 unspecified atom stereocenters. The van der Waals surface area contributed by atoms with Gasteiger partial charge in [-0.05, 0) is 25.1 Å². The lowest BCUT2D eigenvalue weighted by Gasteiger charge is -2.29. The number of piperazine rings is 1. The monoisotopic (exact) mass is 243 g/mol. The molecule has 1 aromatic heterocycles. The lowest BCUT2D eigenvalue weighted by atomic mass is 10.2. The van der Waals surface area contributed by atoms with Crippen molar-refractivity contribution in [2.24, 2.45) is 0 Å². The molecule has 0 bridgehead atoms. The minimum atomic E-state index is 0.794. The van der Waals surface area contributed by atoms with Crippen molar-refractivity contribution in [3.63, 3.8) is 0 Å². The summed E-state index contributed by atoms with van der Waals surface area (Å²) in [5, 5.41) is 7.71. The normalized spacial score (nSPS) is 15.9. The Bertz CT molecular complexity index is 528.